The van der Waals surface area contributed by atoms with Gasteiger partial charge in [0.1, 0.15) is 0 Å². The average Bonchev–Trinajstić information content (AvgIpc) is 3.10. The van der Waals surface area contributed by atoms with Crippen molar-refractivity contribution in [2.75, 3.05) is 0 Å². The van der Waals surface area contributed by atoms with Gasteiger partial charge in [-0.2, -0.15) is 13.2 Å². The maximum Gasteiger partial charge on any atom is 0.450 e. The van der Waals surface area contributed by atoms with Crippen molar-refractivity contribution in [3.8, 4) is 11.1 Å². The van der Waals surface area contributed by atoms with Crippen LogP contribution in [0.1, 0.15) is 15.4 Å². The first-order valence-electron chi connectivity index (χ1n) is 7.59. The van der Waals surface area contributed by atoms with E-state index in [1.165, 1.54) is 6.20 Å². The number of hydrogen-bond acceptors (Lipinski definition) is 4. The second-order valence-corrected chi connectivity index (χ2v) is 6.62. The van der Waals surface area contributed by atoms with Crippen molar-refractivity contribution in [2.45, 2.75) is 12.0 Å². The van der Waals surface area contributed by atoms with Crippen molar-refractivity contribution in [3.63, 3.8) is 0 Å². The van der Waals surface area contributed by atoms with E-state index >= 15 is 0 Å². The Kier molecular flexibility index (Phi) is 4.95. The second kappa shape index (κ2) is 7.03. The number of aromatic nitrogens is 1. The van der Waals surface area contributed by atoms with E-state index in [-0.39, 0.29) is 0 Å². The minimum absolute atomic E-state index is 0.379. The molecule has 2 N–H and O–H groups in total. The summed E-state index contributed by atoms with van der Waals surface area (Å²) >= 11 is 0.568. The molecule has 1 aromatic heterocycles. The van der Waals surface area contributed by atoms with E-state index in [1.54, 1.807) is 12.2 Å². The van der Waals surface area contributed by atoms with Crippen molar-refractivity contribution >= 4 is 23.5 Å². The second-order valence-electron chi connectivity index (χ2n) is 5.56. The Balaban J connectivity index is 1.75. The number of rotatable bonds is 4. The predicted octanol–water partition coefficient (Wildman–Crippen LogP) is 4.68. The van der Waals surface area contributed by atoms with Gasteiger partial charge in [0.05, 0.1) is 0 Å². The van der Waals surface area contributed by atoms with E-state index in [0.717, 1.165) is 16.7 Å². The molecule has 0 spiro atoms. The summed E-state index contributed by atoms with van der Waals surface area (Å²) in [5, 5.41) is 17.6. The summed E-state index contributed by atoms with van der Waals surface area (Å²) in [6.45, 7) is 0. The van der Waals surface area contributed by atoms with Gasteiger partial charge in [-0.15, -0.1) is 11.3 Å². The molecule has 0 aliphatic rings. The lowest BCUT2D eigenvalue weighted by molar-refractivity contribution is -0.358. The average molecular weight is 377 g/mol. The highest BCUT2D eigenvalue weighted by Gasteiger charge is 2.56. The van der Waals surface area contributed by atoms with E-state index in [9.17, 15) is 23.4 Å². The van der Waals surface area contributed by atoms with Gasteiger partial charge < -0.3 is 10.2 Å². The van der Waals surface area contributed by atoms with Gasteiger partial charge in [0.25, 0.3) is 0 Å². The van der Waals surface area contributed by atoms with Crippen LogP contribution in [0.2, 0.25) is 0 Å². The molecule has 0 amide bonds. The quantitative estimate of drug-likeness (QED) is 0.649. The molecule has 0 aliphatic heterocycles. The zero-order valence-electron chi connectivity index (χ0n) is 13.3. The molecule has 0 saturated carbocycles. The molecule has 0 atom stereocenters. The van der Waals surface area contributed by atoms with Crippen molar-refractivity contribution in [1.82, 2.24) is 4.98 Å². The summed E-state index contributed by atoms with van der Waals surface area (Å²) in [5.74, 6) is -3.94. The third-order valence-corrected chi connectivity index (χ3v) is 4.74. The van der Waals surface area contributed by atoms with Crippen LogP contribution >= 0.6 is 11.3 Å². The molecular weight excluding hydrogens is 363 g/mol. The molecule has 0 radical (unpaired) electrons. The van der Waals surface area contributed by atoms with Crippen LogP contribution in [0, 0.1) is 0 Å². The fraction of sp³-hybridized carbons (Fsp3) is 0.105. The van der Waals surface area contributed by atoms with Gasteiger partial charge in [-0.25, -0.2) is 4.98 Å². The van der Waals surface area contributed by atoms with Crippen LogP contribution in [0.4, 0.5) is 13.2 Å². The molecule has 0 bridgehead atoms. The smallest absolute Gasteiger partial charge is 0.353 e. The van der Waals surface area contributed by atoms with E-state index in [1.807, 2.05) is 54.6 Å². The molecule has 3 nitrogen and oxygen atoms in total. The highest BCUT2D eigenvalue weighted by Crippen LogP contribution is 2.38. The number of thiazole rings is 1. The van der Waals surface area contributed by atoms with E-state index < -0.39 is 17.0 Å². The van der Waals surface area contributed by atoms with Crippen molar-refractivity contribution in [3.05, 3.63) is 76.2 Å². The molecule has 2 aromatic carbocycles. The van der Waals surface area contributed by atoms with E-state index in [0.29, 0.717) is 16.2 Å². The molecule has 0 fully saturated rings. The number of hydrogen-bond donors (Lipinski definition) is 2. The minimum Gasteiger partial charge on any atom is -0.353 e. The monoisotopic (exact) mass is 377 g/mol. The van der Waals surface area contributed by atoms with Gasteiger partial charge in [0.2, 0.25) is 0 Å². The third-order valence-electron chi connectivity index (χ3n) is 3.67. The Bertz CT molecular complexity index is 901. The molecule has 0 aliphatic carbocycles. The summed E-state index contributed by atoms with van der Waals surface area (Å²) < 4.78 is 37.8. The standard InChI is InChI=1S/C19H14F3NO2S/c20-19(21,22)18(24,25)17-23-12-16(26-17)11-8-13-6-9-15(10-7-13)14-4-2-1-3-5-14/h1-12,24-25H/b11-8+. The Morgan fingerprint density at radius 1 is 0.846 bits per heavy atom. The fourth-order valence-corrected chi connectivity index (χ4v) is 3.07. The van der Waals surface area contributed by atoms with Gasteiger partial charge in [-0.3, -0.25) is 0 Å². The first-order valence-corrected chi connectivity index (χ1v) is 8.40. The minimum atomic E-state index is -5.21. The molecule has 134 valence electrons. The Morgan fingerprint density at radius 2 is 1.46 bits per heavy atom. The van der Waals surface area contributed by atoms with Crippen molar-refractivity contribution < 1.29 is 23.4 Å². The lowest BCUT2D eigenvalue weighted by atomic mass is 10.0. The maximum absolute atomic E-state index is 12.6. The molecule has 1 heterocycles. The van der Waals surface area contributed by atoms with Crippen LogP contribution in [0.25, 0.3) is 23.3 Å². The van der Waals surface area contributed by atoms with Crippen LogP contribution in [0.5, 0.6) is 0 Å². The first kappa shape index (κ1) is 18.3. The lowest BCUT2D eigenvalue weighted by Crippen LogP contribution is -2.41. The molecule has 26 heavy (non-hydrogen) atoms. The number of halogens is 3. The summed E-state index contributed by atoms with van der Waals surface area (Å²) in [6, 6.07) is 17.5. The highest BCUT2D eigenvalue weighted by molar-refractivity contribution is 7.12. The number of aliphatic hydroxyl groups is 2. The molecule has 3 aromatic rings. The fourth-order valence-electron chi connectivity index (χ4n) is 2.24. The SMILES string of the molecule is OC(O)(c1ncc(/C=C/c2ccc(-c3ccccc3)cc2)s1)C(F)(F)F. The van der Waals surface area contributed by atoms with E-state index in [4.69, 9.17) is 0 Å². The van der Waals surface area contributed by atoms with Gasteiger partial charge in [-0.05, 0) is 22.8 Å². The van der Waals surface area contributed by atoms with Gasteiger partial charge in [0.15, 0.2) is 5.01 Å². The first-order chi connectivity index (χ1) is 12.3. The van der Waals surface area contributed by atoms with Crippen molar-refractivity contribution in [1.29, 1.82) is 0 Å². The van der Waals surface area contributed by atoms with Crippen LogP contribution in [0.15, 0.2) is 60.8 Å². The molecule has 0 saturated heterocycles. The Hall–Kier alpha value is -2.48. The molecular formula is C19H14F3NO2S. The highest BCUT2D eigenvalue weighted by atomic mass is 32.1. The van der Waals surface area contributed by atoms with Crippen LogP contribution in [-0.2, 0) is 5.79 Å². The molecule has 0 unspecified atom stereocenters. The Labute approximate surface area is 151 Å². The lowest BCUT2D eigenvalue weighted by Gasteiger charge is -2.21. The summed E-state index contributed by atoms with van der Waals surface area (Å²) in [6.07, 6.45) is -0.748. The number of nitrogens with zero attached hydrogens (tertiary/aromatic N) is 1. The number of benzene rings is 2. The molecule has 3 rings (SSSR count). The predicted molar refractivity (Wildman–Crippen MR) is 95.1 cm³/mol. The summed E-state index contributed by atoms with van der Waals surface area (Å²) in [7, 11) is 0. The van der Waals surface area contributed by atoms with E-state index in [2.05, 4.69) is 4.98 Å². The van der Waals surface area contributed by atoms with Gasteiger partial charge >= 0.3 is 12.0 Å². The number of alkyl halides is 3. The summed E-state index contributed by atoms with van der Waals surface area (Å²) in [5.41, 5.74) is 3.00. The summed E-state index contributed by atoms with van der Waals surface area (Å²) in [4.78, 5) is 3.85. The zero-order chi connectivity index (χ0) is 18.8. The van der Waals surface area contributed by atoms with Crippen LogP contribution < -0.4 is 0 Å². The van der Waals surface area contributed by atoms with Gasteiger partial charge in [0, 0.05) is 11.1 Å². The Morgan fingerprint density at radius 3 is 2.08 bits per heavy atom. The van der Waals surface area contributed by atoms with Crippen LogP contribution in [-0.4, -0.2) is 21.4 Å². The maximum atomic E-state index is 12.6. The topological polar surface area (TPSA) is 53.4 Å². The van der Waals surface area contributed by atoms with Crippen LogP contribution in [0.3, 0.4) is 0 Å². The molecule has 7 heteroatoms. The van der Waals surface area contributed by atoms with Gasteiger partial charge in [-0.1, -0.05) is 60.7 Å². The third kappa shape index (κ3) is 3.85. The normalized spacial score (nSPS) is 12.7. The van der Waals surface area contributed by atoms with Crippen molar-refractivity contribution in [2.24, 2.45) is 0 Å². The zero-order valence-corrected chi connectivity index (χ0v) is 14.1. The largest absolute Gasteiger partial charge is 0.450 e.